The van der Waals surface area contributed by atoms with Crippen LogP contribution in [0.3, 0.4) is 0 Å². The number of aliphatic hydroxyl groups excluding tert-OH is 1. The lowest BCUT2D eigenvalue weighted by molar-refractivity contribution is -0.00550. The van der Waals surface area contributed by atoms with E-state index in [2.05, 4.69) is 10.3 Å². The lowest BCUT2D eigenvalue weighted by Crippen LogP contribution is -2.31. The maximum Gasteiger partial charge on any atom is 0.212 e. The summed E-state index contributed by atoms with van der Waals surface area (Å²) in [6, 6.07) is 3.79. The van der Waals surface area contributed by atoms with Crippen LogP contribution in [0.5, 0.6) is 5.88 Å². The number of ether oxygens (including phenoxy) is 2. The topological polar surface area (TPSA) is 63.6 Å². The molecule has 20 heavy (non-hydrogen) atoms. The van der Waals surface area contributed by atoms with Crippen molar-refractivity contribution in [2.24, 2.45) is 0 Å². The summed E-state index contributed by atoms with van der Waals surface area (Å²) in [5, 5.41) is 13.1. The van der Waals surface area contributed by atoms with Crippen LogP contribution in [0.4, 0.5) is 0 Å². The number of nitrogens with zero attached hydrogens (tertiary/aromatic N) is 1. The smallest absolute Gasteiger partial charge is 0.212 e. The molecule has 0 radical (unpaired) electrons. The molecule has 1 aliphatic rings. The third kappa shape index (κ3) is 5.07. The van der Waals surface area contributed by atoms with Gasteiger partial charge in [-0.15, -0.1) is 0 Å². The van der Waals surface area contributed by atoms with Crippen molar-refractivity contribution in [3.8, 4) is 5.88 Å². The van der Waals surface area contributed by atoms with Crippen molar-refractivity contribution >= 4 is 0 Å². The van der Waals surface area contributed by atoms with Crippen LogP contribution < -0.4 is 10.1 Å². The second-order valence-electron chi connectivity index (χ2n) is 5.23. The van der Waals surface area contributed by atoms with E-state index in [-0.39, 0.29) is 0 Å². The van der Waals surface area contributed by atoms with Gasteiger partial charge in [0, 0.05) is 25.4 Å². The lowest BCUT2D eigenvalue weighted by Gasteiger charge is -2.16. The Labute approximate surface area is 120 Å². The number of rotatable bonds is 8. The van der Waals surface area contributed by atoms with Crippen LogP contribution in [0.2, 0.25) is 0 Å². The van der Waals surface area contributed by atoms with Gasteiger partial charge in [0.25, 0.3) is 0 Å². The second kappa shape index (κ2) is 8.19. The average molecular weight is 280 g/mol. The fraction of sp³-hybridized carbons (Fsp3) is 0.667. The Morgan fingerprint density at radius 1 is 1.40 bits per heavy atom. The minimum Gasteiger partial charge on any atom is -0.481 e. The highest BCUT2D eigenvalue weighted by Gasteiger charge is 2.16. The van der Waals surface area contributed by atoms with Gasteiger partial charge in [0.05, 0.1) is 25.9 Å². The molecule has 0 aromatic carbocycles. The minimum absolute atomic E-state index is 0.357. The maximum absolute atomic E-state index is 9.85. The molecule has 1 heterocycles. The summed E-state index contributed by atoms with van der Waals surface area (Å²) in [4.78, 5) is 4.13. The Kier molecular flexibility index (Phi) is 6.24. The molecule has 1 unspecified atom stereocenters. The fourth-order valence-corrected chi connectivity index (χ4v) is 2.38. The van der Waals surface area contributed by atoms with E-state index in [0.717, 1.165) is 18.4 Å². The van der Waals surface area contributed by atoms with Crippen LogP contribution in [0.15, 0.2) is 18.3 Å². The van der Waals surface area contributed by atoms with Gasteiger partial charge in [0.1, 0.15) is 0 Å². The Hall–Kier alpha value is -1.17. The molecule has 0 saturated heterocycles. The Balaban J connectivity index is 1.59. The highest BCUT2D eigenvalue weighted by Crippen LogP contribution is 2.20. The zero-order valence-electron chi connectivity index (χ0n) is 12.0. The second-order valence-corrected chi connectivity index (χ2v) is 5.23. The van der Waals surface area contributed by atoms with Crippen molar-refractivity contribution in [2.75, 3.05) is 20.3 Å². The van der Waals surface area contributed by atoms with Gasteiger partial charge in [-0.05, 0) is 18.4 Å². The van der Waals surface area contributed by atoms with Crippen LogP contribution in [0.25, 0.3) is 0 Å². The summed E-state index contributed by atoms with van der Waals surface area (Å²) in [5.41, 5.74) is 1.06. The predicted molar refractivity (Wildman–Crippen MR) is 76.7 cm³/mol. The summed E-state index contributed by atoms with van der Waals surface area (Å²) in [5.74, 6) is 0.610. The van der Waals surface area contributed by atoms with E-state index in [1.807, 2.05) is 12.1 Å². The molecule has 1 aromatic rings. The molecule has 2 rings (SSSR count). The fourth-order valence-electron chi connectivity index (χ4n) is 2.38. The Bertz CT molecular complexity index is 377. The van der Waals surface area contributed by atoms with E-state index in [9.17, 15) is 5.11 Å². The summed E-state index contributed by atoms with van der Waals surface area (Å²) in [6.07, 6.45) is 6.45. The molecule has 1 fully saturated rings. The molecule has 0 bridgehead atoms. The van der Waals surface area contributed by atoms with Crippen LogP contribution in [0.1, 0.15) is 31.2 Å². The van der Waals surface area contributed by atoms with Gasteiger partial charge in [-0.1, -0.05) is 18.9 Å². The van der Waals surface area contributed by atoms with Crippen LogP contribution in [-0.2, 0) is 11.3 Å². The number of hydrogen-bond donors (Lipinski definition) is 2. The van der Waals surface area contributed by atoms with Crippen molar-refractivity contribution in [1.29, 1.82) is 0 Å². The van der Waals surface area contributed by atoms with E-state index in [4.69, 9.17) is 9.47 Å². The molecular formula is C15H24N2O3. The number of aliphatic hydroxyl groups is 1. The number of hydrogen-bond acceptors (Lipinski definition) is 5. The summed E-state index contributed by atoms with van der Waals surface area (Å²) in [7, 11) is 1.60. The zero-order valence-corrected chi connectivity index (χ0v) is 12.0. The number of pyridine rings is 1. The van der Waals surface area contributed by atoms with Gasteiger partial charge in [0.2, 0.25) is 5.88 Å². The van der Waals surface area contributed by atoms with Gasteiger partial charge >= 0.3 is 0 Å². The van der Waals surface area contributed by atoms with E-state index >= 15 is 0 Å². The van der Waals surface area contributed by atoms with Crippen molar-refractivity contribution in [1.82, 2.24) is 10.3 Å². The third-order valence-corrected chi connectivity index (χ3v) is 3.54. The van der Waals surface area contributed by atoms with Crippen LogP contribution in [0, 0.1) is 0 Å². The van der Waals surface area contributed by atoms with E-state index in [1.165, 1.54) is 12.8 Å². The molecule has 1 saturated carbocycles. The van der Waals surface area contributed by atoms with Crippen LogP contribution in [-0.4, -0.2) is 42.6 Å². The lowest BCUT2D eigenvalue weighted by atomic mass is 10.2. The van der Waals surface area contributed by atoms with Gasteiger partial charge in [-0.3, -0.25) is 0 Å². The zero-order chi connectivity index (χ0) is 14.2. The van der Waals surface area contributed by atoms with E-state index in [0.29, 0.717) is 31.7 Å². The Morgan fingerprint density at radius 3 is 2.85 bits per heavy atom. The largest absolute Gasteiger partial charge is 0.481 e. The van der Waals surface area contributed by atoms with Gasteiger partial charge in [0.15, 0.2) is 0 Å². The molecule has 1 aliphatic carbocycles. The van der Waals surface area contributed by atoms with Gasteiger partial charge in [-0.25, -0.2) is 4.98 Å². The highest BCUT2D eigenvalue weighted by molar-refractivity contribution is 5.17. The van der Waals surface area contributed by atoms with Gasteiger partial charge in [-0.2, -0.15) is 0 Å². The molecule has 5 nitrogen and oxygen atoms in total. The molecular weight excluding hydrogens is 256 g/mol. The first-order valence-corrected chi connectivity index (χ1v) is 7.27. The normalized spacial score (nSPS) is 17.3. The third-order valence-electron chi connectivity index (χ3n) is 3.54. The molecule has 5 heteroatoms. The summed E-state index contributed by atoms with van der Waals surface area (Å²) in [6.45, 7) is 1.62. The molecule has 2 N–H and O–H groups in total. The molecule has 0 amide bonds. The van der Waals surface area contributed by atoms with Crippen molar-refractivity contribution in [3.05, 3.63) is 23.9 Å². The standard InChI is InChI=1S/C15H24N2O3/c1-19-15-7-6-12(9-17-15)8-16-10-13(18)11-20-14-4-2-3-5-14/h6-7,9,13-14,16,18H,2-5,8,10-11H2,1H3. The van der Waals surface area contributed by atoms with Gasteiger partial charge < -0.3 is 19.9 Å². The maximum atomic E-state index is 9.85. The quantitative estimate of drug-likeness (QED) is 0.755. The summed E-state index contributed by atoms with van der Waals surface area (Å²) < 4.78 is 10.7. The van der Waals surface area contributed by atoms with Crippen molar-refractivity contribution < 1.29 is 14.6 Å². The SMILES string of the molecule is COc1ccc(CNCC(O)COC2CCCC2)cn1. The molecule has 0 aliphatic heterocycles. The monoisotopic (exact) mass is 280 g/mol. The van der Waals surface area contributed by atoms with E-state index < -0.39 is 6.10 Å². The average Bonchev–Trinajstić information content (AvgIpc) is 2.99. The van der Waals surface area contributed by atoms with Crippen LogP contribution >= 0.6 is 0 Å². The molecule has 112 valence electrons. The Morgan fingerprint density at radius 2 is 2.20 bits per heavy atom. The first kappa shape index (κ1) is 15.2. The minimum atomic E-state index is -0.457. The first-order valence-electron chi connectivity index (χ1n) is 7.27. The van der Waals surface area contributed by atoms with Crippen molar-refractivity contribution in [2.45, 2.75) is 44.4 Å². The van der Waals surface area contributed by atoms with E-state index in [1.54, 1.807) is 13.3 Å². The predicted octanol–water partition coefficient (Wildman–Crippen LogP) is 1.50. The molecule has 0 spiro atoms. The highest BCUT2D eigenvalue weighted by atomic mass is 16.5. The number of aromatic nitrogens is 1. The number of methoxy groups -OCH3 is 1. The molecule has 1 atom stereocenters. The van der Waals surface area contributed by atoms with Crippen molar-refractivity contribution in [3.63, 3.8) is 0 Å². The number of nitrogens with one attached hydrogen (secondary N) is 1. The molecule has 1 aromatic heterocycles. The first-order chi connectivity index (χ1) is 9.78. The summed E-state index contributed by atoms with van der Waals surface area (Å²) >= 11 is 0.